The smallest absolute Gasteiger partial charge is 0.363 e. The highest BCUT2D eigenvalue weighted by molar-refractivity contribution is 6.15. The van der Waals surface area contributed by atoms with E-state index in [2.05, 4.69) is 5.11 Å². The van der Waals surface area contributed by atoms with Crippen molar-refractivity contribution in [3.63, 3.8) is 0 Å². The molecule has 0 unspecified atom stereocenters. The topological polar surface area (TPSA) is 204 Å². The first-order valence-electron chi connectivity index (χ1n) is 16.2. The third-order valence-electron chi connectivity index (χ3n) is 9.50. The SMILES string of the molecule is CC(=O)[C@@H](C(=O)ON1C(=O)N(C(C)(C)c2ccc(C)c(C)c2C)[C@](C)(c2ccc(CN=N)cc2)C1=O)N(C(=O)[C@@H](N)CC(=O)O)c1ccccc1. The number of carboxylic acids is 1. The van der Waals surface area contributed by atoms with Crippen LogP contribution in [0, 0.1) is 26.3 Å². The molecule has 14 nitrogen and oxygen atoms in total. The van der Waals surface area contributed by atoms with Gasteiger partial charge in [0.2, 0.25) is 5.91 Å². The fourth-order valence-corrected chi connectivity index (χ4v) is 6.60. The second-order valence-corrected chi connectivity index (χ2v) is 13.2. The highest BCUT2D eigenvalue weighted by Gasteiger charge is 2.62. The number of aryl methyl sites for hydroxylation is 1. The van der Waals surface area contributed by atoms with Gasteiger partial charge in [0, 0.05) is 5.69 Å². The molecule has 1 heterocycles. The van der Waals surface area contributed by atoms with Gasteiger partial charge in [0.05, 0.1) is 24.5 Å². The van der Waals surface area contributed by atoms with E-state index >= 15 is 0 Å². The van der Waals surface area contributed by atoms with E-state index in [1.807, 2.05) is 32.9 Å². The minimum atomic E-state index is -2.05. The maximum Gasteiger partial charge on any atom is 0.363 e. The quantitative estimate of drug-likeness (QED) is 0.127. The van der Waals surface area contributed by atoms with Gasteiger partial charge in [-0.25, -0.2) is 15.1 Å². The normalized spacial score (nSPS) is 17.2. The number of imide groups is 1. The van der Waals surface area contributed by atoms with Gasteiger partial charge in [-0.15, -0.1) is 0 Å². The Morgan fingerprint density at radius 1 is 0.980 bits per heavy atom. The molecular formula is C37H42N6O8. The molecule has 0 radical (unpaired) electrons. The van der Waals surface area contributed by atoms with Gasteiger partial charge in [0.1, 0.15) is 0 Å². The summed E-state index contributed by atoms with van der Waals surface area (Å²) in [6.07, 6.45) is -0.806. The zero-order valence-corrected chi connectivity index (χ0v) is 29.6. The first kappa shape index (κ1) is 38.0. The van der Waals surface area contributed by atoms with Crippen molar-refractivity contribution in [1.82, 2.24) is 9.96 Å². The molecular weight excluding hydrogens is 656 g/mol. The van der Waals surface area contributed by atoms with E-state index in [1.165, 1.54) is 36.1 Å². The number of rotatable bonds is 13. The standard InChI is InChI=1S/C37H42N6O8/c1-21-13-18-28(23(3)22(21)2)36(5,6)43-35(50)42(34(49)37(43,7)26-16-14-25(15-17-26)20-40-39)51-33(48)31(24(4)44)41(27-11-9-8-10-12-27)32(47)29(38)19-30(45)46/h8-18,29,31,39H,19-20,38H2,1-7H3,(H,45,46)/t29-,31-,37+/m0/s1. The van der Waals surface area contributed by atoms with Crippen LogP contribution in [-0.4, -0.2) is 62.7 Å². The number of anilines is 1. The molecule has 1 aliphatic heterocycles. The Hall–Kier alpha value is -5.76. The van der Waals surface area contributed by atoms with Crippen LogP contribution in [0.2, 0.25) is 0 Å². The van der Waals surface area contributed by atoms with Crippen molar-refractivity contribution in [2.45, 2.75) is 84.6 Å². The van der Waals surface area contributed by atoms with Gasteiger partial charge < -0.3 is 15.7 Å². The summed E-state index contributed by atoms with van der Waals surface area (Å²) in [7, 11) is 0. The summed E-state index contributed by atoms with van der Waals surface area (Å²) >= 11 is 0. The summed E-state index contributed by atoms with van der Waals surface area (Å²) in [5.74, 6) is -5.75. The Balaban J connectivity index is 1.85. The zero-order valence-electron chi connectivity index (χ0n) is 29.6. The predicted octanol–water partition coefficient (Wildman–Crippen LogP) is 4.81. The van der Waals surface area contributed by atoms with Crippen LogP contribution in [0.25, 0.3) is 0 Å². The van der Waals surface area contributed by atoms with Crippen LogP contribution in [0.3, 0.4) is 0 Å². The molecule has 4 amide bonds. The van der Waals surface area contributed by atoms with Gasteiger partial charge >= 0.3 is 18.0 Å². The summed E-state index contributed by atoms with van der Waals surface area (Å²) in [6.45, 7) is 12.0. The first-order valence-corrected chi connectivity index (χ1v) is 16.2. The number of nitrogens with one attached hydrogen (secondary N) is 1. The average Bonchev–Trinajstić information content (AvgIpc) is 3.26. The number of carboxylic acid groups (broad SMARTS) is 1. The van der Waals surface area contributed by atoms with E-state index in [0.29, 0.717) is 16.2 Å². The summed E-state index contributed by atoms with van der Waals surface area (Å²) in [5, 5.41) is 13.0. The third-order valence-corrected chi connectivity index (χ3v) is 9.50. The van der Waals surface area contributed by atoms with E-state index < -0.39 is 65.1 Å². The van der Waals surface area contributed by atoms with Crippen LogP contribution in [0.5, 0.6) is 0 Å². The van der Waals surface area contributed by atoms with E-state index in [-0.39, 0.29) is 12.2 Å². The van der Waals surface area contributed by atoms with Gasteiger partial charge in [-0.2, -0.15) is 5.11 Å². The molecule has 1 aliphatic rings. The van der Waals surface area contributed by atoms with Gasteiger partial charge in [0.15, 0.2) is 17.4 Å². The lowest BCUT2D eigenvalue weighted by atomic mass is 9.80. The number of hydroxylamine groups is 2. The van der Waals surface area contributed by atoms with Crippen molar-refractivity contribution in [2.75, 3.05) is 4.90 Å². The van der Waals surface area contributed by atoms with Crippen LogP contribution in [0.4, 0.5) is 10.5 Å². The fraction of sp³-hybridized carbons (Fsp3) is 0.351. The molecule has 51 heavy (non-hydrogen) atoms. The van der Waals surface area contributed by atoms with Gasteiger partial charge in [-0.3, -0.25) is 29.0 Å². The Labute approximate surface area is 295 Å². The van der Waals surface area contributed by atoms with Gasteiger partial charge in [0.25, 0.3) is 5.91 Å². The minimum absolute atomic E-state index is 0.0249. The summed E-state index contributed by atoms with van der Waals surface area (Å²) in [6, 6.07) is 13.2. The van der Waals surface area contributed by atoms with Crippen molar-refractivity contribution in [2.24, 2.45) is 10.8 Å². The number of Topliss-reactive ketones (excluding diaryl/α,β-unsaturated/α-hetero) is 1. The van der Waals surface area contributed by atoms with Crippen LogP contribution < -0.4 is 10.6 Å². The Kier molecular flexibility index (Phi) is 10.9. The summed E-state index contributed by atoms with van der Waals surface area (Å²) in [5.41, 5.74) is 14.9. The van der Waals surface area contributed by atoms with E-state index in [1.54, 1.807) is 44.2 Å². The van der Waals surface area contributed by atoms with Gasteiger partial charge in [-0.05, 0) is 94.0 Å². The number of benzene rings is 3. The highest BCUT2D eigenvalue weighted by Crippen LogP contribution is 2.47. The van der Waals surface area contributed by atoms with Crippen LogP contribution in [0.15, 0.2) is 71.8 Å². The largest absolute Gasteiger partial charge is 0.481 e. The highest BCUT2D eigenvalue weighted by atomic mass is 16.7. The molecule has 1 fully saturated rings. The molecule has 268 valence electrons. The molecule has 0 aromatic heterocycles. The molecule has 3 aromatic carbocycles. The van der Waals surface area contributed by atoms with Crippen molar-refractivity contribution in [3.8, 4) is 0 Å². The third kappa shape index (κ3) is 6.99. The second kappa shape index (κ2) is 14.6. The molecule has 3 atom stereocenters. The number of aliphatic carboxylic acids is 1. The van der Waals surface area contributed by atoms with Crippen molar-refractivity contribution >= 4 is 41.3 Å². The number of nitrogens with zero attached hydrogens (tertiary/aromatic N) is 4. The lowest BCUT2D eigenvalue weighted by Crippen LogP contribution is -2.56. The number of para-hydroxylation sites is 1. The second-order valence-electron chi connectivity index (χ2n) is 13.2. The number of hydrogen-bond acceptors (Lipinski definition) is 10. The number of ketones is 1. The lowest BCUT2D eigenvalue weighted by Gasteiger charge is -2.44. The molecule has 1 saturated heterocycles. The lowest BCUT2D eigenvalue weighted by molar-refractivity contribution is -0.186. The molecule has 0 aliphatic carbocycles. The number of amides is 4. The predicted molar refractivity (Wildman–Crippen MR) is 185 cm³/mol. The first-order chi connectivity index (χ1) is 23.9. The van der Waals surface area contributed by atoms with Crippen LogP contribution >= 0.6 is 0 Å². The zero-order chi connectivity index (χ0) is 38.0. The van der Waals surface area contributed by atoms with E-state index in [0.717, 1.165) is 34.1 Å². The molecule has 4 rings (SSSR count). The van der Waals surface area contributed by atoms with Crippen molar-refractivity contribution < 1.29 is 38.7 Å². The fourth-order valence-electron chi connectivity index (χ4n) is 6.60. The van der Waals surface area contributed by atoms with Gasteiger partial charge in [-0.1, -0.05) is 59.7 Å². The Morgan fingerprint density at radius 2 is 1.59 bits per heavy atom. The number of carbonyl (C=O) groups is 6. The van der Waals surface area contributed by atoms with Crippen molar-refractivity contribution in [1.29, 1.82) is 5.53 Å². The summed E-state index contributed by atoms with van der Waals surface area (Å²) < 4.78 is 0. The van der Waals surface area contributed by atoms with Crippen LogP contribution in [0.1, 0.15) is 67.5 Å². The molecule has 4 N–H and O–H groups in total. The monoisotopic (exact) mass is 698 g/mol. The number of carbonyl (C=O) groups excluding carboxylic acids is 5. The molecule has 0 spiro atoms. The van der Waals surface area contributed by atoms with Crippen molar-refractivity contribution in [3.05, 3.63) is 100 Å². The minimum Gasteiger partial charge on any atom is -0.481 e. The van der Waals surface area contributed by atoms with E-state index in [4.69, 9.17) is 16.1 Å². The molecule has 0 bridgehead atoms. The maximum atomic E-state index is 14.6. The number of nitrogens with two attached hydrogens (primary N) is 1. The average molecular weight is 699 g/mol. The number of urea groups is 1. The number of hydrogen-bond donors (Lipinski definition) is 3. The Morgan fingerprint density at radius 3 is 2.14 bits per heavy atom. The molecule has 14 heteroatoms. The Bertz CT molecular complexity index is 1890. The van der Waals surface area contributed by atoms with E-state index in [9.17, 15) is 33.9 Å². The maximum absolute atomic E-state index is 14.6. The molecule has 0 saturated carbocycles. The summed E-state index contributed by atoms with van der Waals surface area (Å²) in [4.78, 5) is 88.9. The van der Waals surface area contributed by atoms with Crippen LogP contribution in [-0.2, 0) is 46.4 Å². The molecule has 3 aromatic rings.